The molecule has 1 fully saturated rings. The summed E-state index contributed by atoms with van der Waals surface area (Å²) in [5.74, 6) is 0.515. The van der Waals surface area contributed by atoms with Crippen LogP contribution in [0.4, 0.5) is 10.5 Å². The van der Waals surface area contributed by atoms with Crippen molar-refractivity contribution in [3.05, 3.63) is 51.2 Å². The molecule has 2 aliphatic heterocycles. The Labute approximate surface area is 176 Å². The Kier molecular flexibility index (Phi) is 5.70. The van der Waals surface area contributed by atoms with E-state index < -0.39 is 12.2 Å². The normalized spacial score (nSPS) is 19.2. The molecule has 1 atom stereocenters. The highest BCUT2D eigenvalue weighted by Crippen LogP contribution is 2.24. The quantitative estimate of drug-likeness (QED) is 0.782. The summed E-state index contributed by atoms with van der Waals surface area (Å²) in [5.41, 5.74) is 1.62. The molecule has 8 nitrogen and oxygen atoms in total. The van der Waals surface area contributed by atoms with E-state index in [0.717, 1.165) is 17.1 Å². The number of carbonyl (C=O) groups excluding carboxylic acids is 2. The van der Waals surface area contributed by atoms with Crippen LogP contribution in [-0.4, -0.2) is 62.3 Å². The standard InChI is InChI=1S/C19H19ClN4O4S/c1-23-17(21-8-9-27-23)12-2-4-13(5-3-12)24-11-14(28-19(24)26)10-22-18(25)15-6-7-16(20)29-15/h2-7,14H,8-11H2,1H3,(H,22,25). The summed E-state index contributed by atoms with van der Waals surface area (Å²) < 4.78 is 5.93. The van der Waals surface area contributed by atoms with Gasteiger partial charge in [-0.3, -0.25) is 19.5 Å². The van der Waals surface area contributed by atoms with E-state index in [2.05, 4.69) is 10.3 Å². The molecule has 10 heteroatoms. The summed E-state index contributed by atoms with van der Waals surface area (Å²) in [6.07, 6.45) is -0.865. The zero-order valence-corrected chi connectivity index (χ0v) is 17.2. The minimum atomic E-state index is -0.438. The van der Waals surface area contributed by atoms with Crippen molar-refractivity contribution in [3.8, 4) is 0 Å². The summed E-state index contributed by atoms with van der Waals surface area (Å²) in [4.78, 5) is 36.4. The van der Waals surface area contributed by atoms with Crippen molar-refractivity contribution in [2.24, 2.45) is 4.99 Å². The van der Waals surface area contributed by atoms with Crippen LogP contribution in [0.5, 0.6) is 0 Å². The highest BCUT2D eigenvalue weighted by Gasteiger charge is 2.32. The van der Waals surface area contributed by atoms with Gasteiger partial charge in [0.2, 0.25) is 0 Å². The zero-order valence-electron chi connectivity index (χ0n) is 15.6. The van der Waals surface area contributed by atoms with Gasteiger partial charge in [0, 0.05) is 18.3 Å². The Hall–Kier alpha value is -2.62. The molecule has 0 radical (unpaired) electrons. The number of hydrogen-bond acceptors (Lipinski definition) is 7. The zero-order chi connectivity index (χ0) is 20.4. The molecule has 2 aliphatic rings. The molecule has 1 N–H and O–H groups in total. The molecule has 0 bridgehead atoms. The van der Waals surface area contributed by atoms with Crippen LogP contribution in [0.3, 0.4) is 0 Å². The first-order valence-corrected chi connectivity index (χ1v) is 10.2. The summed E-state index contributed by atoms with van der Waals surface area (Å²) in [6, 6.07) is 10.8. The van der Waals surface area contributed by atoms with Crippen molar-refractivity contribution >= 4 is 46.5 Å². The Morgan fingerprint density at radius 2 is 2.10 bits per heavy atom. The van der Waals surface area contributed by atoms with Crippen LogP contribution in [0.2, 0.25) is 4.34 Å². The third kappa shape index (κ3) is 4.36. The number of aliphatic imine (C=N–C) groups is 1. The lowest BCUT2D eigenvalue weighted by Gasteiger charge is -2.24. The number of hydrogen-bond donors (Lipinski definition) is 1. The second-order valence-electron chi connectivity index (χ2n) is 6.51. The van der Waals surface area contributed by atoms with Crippen LogP contribution < -0.4 is 10.2 Å². The van der Waals surface area contributed by atoms with E-state index in [1.54, 1.807) is 22.1 Å². The van der Waals surface area contributed by atoms with Gasteiger partial charge < -0.3 is 10.1 Å². The average Bonchev–Trinajstić information content (AvgIpc) is 3.32. The van der Waals surface area contributed by atoms with Gasteiger partial charge in [-0.05, 0) is 36.4 Å². The first-order valence-electron chi connectivity index (χ1n) is 9.04. The van der Waals surface area contributed by atoms with E-state index in [1.165, 1.54) is 11.3 Å². The fraction of sp³-hybridized carbons (Fsp3) is 0.316. The maximum absolute atomic E-state index is 12.3. The Bertz CT molecular complexity index is 946. The van der Waals surface area contributed by atoms with Gasteiger partial charge in [0.15, 0.2) is 5.84 Å². The van der Waals surface area contributed by atoms with Crippen molar-refractivity contribution < 1.29 is 19.2 Å². The number of benzene rings is 1. The molecule has 2 amide bonds. The highest BCUT2D eigenvalue weighted by molar-refractivity contribution is 7.18. The fourth-order valence-electron chi connectivity index (χ4n) is 3.12. The van der Waals surface area contributed by atoms with E-state index in [4.69, 9.17) is 21.2 Å². The van der Waals surface area contributed by atoms with Crippen molar-refractivity contribution in [2.45, 2.75) is 6.10 Å². The van der Waals surface area contributed by atoms with E-state index in [-0.39, 0.29) is 12.5 Å². The van der Waals surface area contributed by atoms with Gasteiger partial charge in [-0.1, -0.05) is 11.6 Å². The molecular formula is C19H19ClN4O4S. The van der Waals surface area contributed by atoms with E-state index in [0.29, 0.717) is 28.9 Å². The van der Waals surface area contributed by atoms with Crippen LogP contribution in [0.15, 0.2) is 41.4 Å². The predicted octanol–water partition coefficient (Wildman–Crippen LogP) is 2.78. The van der Waals surface area contributed by atoms with Crippen molar-refractivity contribution in [3.63, 3.8) is 0 Å². The summed E-state index contributed by atoms with van der Waals surface area (Å²) in [7, 11) is 1.81. The number of nitrogens with zero attached hydrogens (tertiary/aromatic N) is 3. The van der Waals surface area contributed by atoms with Gasteiger partial charge in [-0.25, -0.2) is 9.86 Å². The molecule has 1 unspecified atom stereocenters. The van der Waals surface area contributed by atoms with Crippen LogP contribution in [0, 0.1) is 0 Å². The lowest BCUT2D eigenvalue weighted by molar-refractivity contribution is -0.0831. The SMILES string of the molecule is CN1OCCN=C1c1ccc(N2CC(CNC(=O)c3ccc(Cl)s3)OC2=O)cc1. The second kappa shape index (κ2) is 8.40. The lowest BCUT2D eigenvalue weighted by atomic mass is 10.1. The monoisotopic (exact) mass is 434 g/mol. The minimum Gasteiger partial charge on any atom is -0.442 e. The number of nitrogens with one attached hydrogen (secondary N) is 1. The van der Waals surface area contributed by atoms with Crippen molar-refractivity contribution in [1.82, 2.24) is 10.4 Å². The van der Waals surface area contributed by atoms with Gasteiger partial charge in [0.05, 0.1) is 35.5 Å². The Morgan fingerprint density at radius 3 is 2.79 bits per heavy atom. The van der Waals surface area contributed by atoms with Gasteiger partial charge in [0.1, 0.15) is 6.10 Å². The fourth-order valence-corrected chi connectivity index (χ4v) is 4.08. The molecule has 2 aromatic rings. The van der Waals surface area contributed by atoms with E-state index in [1.807, 2.05) is 31.3 Å². The van der Waals surface area contributed by atoms with Gasteiger partial charge in [-0.15, -0.1) is 11.3 Å². The first kappa shape index (κ1) is 19.7. The summed E-state index contributed by atoms with van der Waals surface area (Å²) in [5, 5.41) is 4.42. The predicted molar refractivity (Wildman–Crippen MR) is 111 cm³/mol. The molecule has 0 saturated carbocycles. The second-order valence-corrected chi connectivity index (χ2v) is 8.23. The largest absolute Gasteiger partial charge is 0.442 e. The third-order valence-corrected chi connectivity index (χ3v) is 5.76. The molecule has 1 aromatic carbocycles. The third-order valence-electron chi connectivity index (χ3n) is 4.53. The van der Waals surface area contributed by atoms with Crippen LogP contribution >= 0.6 is 22.9 Å². The number of halogens is 1. The number of thiophene rings is 1. The van der Waals surface area contributed by atoms with Crippen LogP contribution in [0.25, 0.3) is 0 Å². The summed E-state index contributed by atoms with van der Waals surface area (Å²) >= 11 is 7.05. The molecule has 152 valence electrons. The number of amidine groups is 1. The van der Waals surface area contributed by atoms with E-state index >= 15 is 0 Å². The maximum atomic E-state index is 12.3. The smallest absolute Gasteiger partial charge is 0.414 e. The Balaban J connectivity index is 1.36. The van der Waals surface area contributed by atoms with Gasteiger partial charge in [-0.2, -0.15) is 0 Å². The summed E-state index contributed by atoms with van der Waals surface area (Å²) in [6.45, 7) is 1.77. The number of ether oxygens (including phenoxy) is 1. The van der Waals surface area contributed by atoms with E-state index in [9.17, 15) is 9.59 Å². The highest BCUT2D eigenvalue weighted by atomic mass is 35.5. The number of hydroxylamine groups is 2. The van der Waals surface area contributed by atoms with Gasteiger partial charge >= 0.3 is 6.09 Å². The number of cyclic esters (lactones) is 1. The van der Waals surface area contributed by atoms with Gasteiger partial charge in [0.25, 0.3) is 5.91 Å². The topological polar surface area (TPSA) is 83.5 Å². The molecule has 3 heterocycles. The van der Waals surface area contributed by atoms with Crippen LogP contribution in [0.1, 0.15) is 15.2 Å². The number of carbonyl (C=O) groups is 2. The molecular weight excluding hydrogens is 416 g/mol. The number of anilines is 1. The molecule has 1 saturated heterocycles. The molecule has 0 spiro atoms. The lowest BCUT2D eigenvalue weighted by Crippen LogP contribution is -2.34. The Morgan fingerprint density at radius 1 is 1.31 bits per heavy atom. The average molecular weight is 435 g/mol. The molecule has 0 aliphatic carbocycles. The van der Waals surface area contributed by atoms with Crippen LogP contribution in [-0.2, 0) is 9.57 Å². The number of rotatable bonds is 5. The minimum absolute atomic E-state index is 0.230. The van der Waals surface area contributed by atoms with Crippen molar-refractivity contribution in [2.75, 3.05) is 38.2 Å². The molecule has 4 rings (SSSR count). The molecule has 1 aromatic heterocycles. The number of amides is 2. The maximum Gasteiger partial charge on any atom is 0.414 e. The van der Waals surface area contributed by atoms with Crippen molar-refractivity contribution in [1.29, 1.82) is 0 Å². The first-order chi connectivity index (χ1) is 14.0. The molecule has 29 heavy (non-hydrogen) atoms.